The van der Waals surface area contributed by atoms with Gasteiger partial charge >= 0.3 is 0 Å². The summed E-state index contributed by atoms with van der Waals surface area (Å²) in [5, 5.41) is 12.9. The summed E-state index contributed by atoms with van der Waals surface area (Å²) in [6.07, 6.45) is 9.12. The highest BCUT2D eigenvalue weighted by atomic mass is 16.3. The van der Waals surface area contributed by atoms with Gasteiger partial charge in [0.05, 0.1) is 0 Å². The molecule has 0 fully saturated rings. The van der Waals surface area contributed by atoms with Crippen LogP contribution in [0.25, 0.3) is 0 Å². The Morgan fingerprint density at radius 1 is 0.947 bits per heavy atom. The molecule has 2 nitrogen and oxygen atoms in total. The van der Waals surface area contributed by atoms with Gasteiger partial charge in [-0.3, -0.25) is 0 Å². The maximum absolute atomic E-state index is 9.31. The average molecular weight is 263 g/mol. The second-order valence-corrected chi connectivity index (χ2v) is 5.27. The van der Waals surface area contributed by atoms with Crippen molar-refractivity contribution in [3.8, 4) is 5.75 Å². The number of hydrogen-bond acceptors (Lipinski definition) is 2. The molecule has 0 radical (unpaired) electrons. The second-order valence-electron chi connectivity index (χ2n) is 5.27. The third-order valence-electron chi connectivity index (χ3n) is 3.62. The van der Waals surface area contributed by atoms with E-state index in [0.29, 0.717) is 11.8 Å². The van der Waals surface area contributed by atoms with E-state index in [0.717, 1.165) is 13.0 Å². The van der Waals surface area contributed by atoms with Gasteiger partial charge in [0, 0.05) is 6.04 Å². The summed E-state index contributed by atoms with van der Waals surface area (Å²) in [6, 6.07) is 7.97. The molecule has 0 aromatic heterocycles. The Morgan fingerprint density at radius 3 is 2.21 bits per heavy atom. The van der Waals surface area contributed by atoms with Gasteiger partial charge in [0.15, 0.2) is 0 Å². The summed E-state index contributed by atoms with van der Waals surface area (Å²) in [5.74, 6) is 0.342. The van der Waals surface area contributed by atoms with E-state index < -0.39 is 0 Å². The molecule has 0 heterocycles. The van der Waals surface area contributed by atoms with E-state index in [-0.39, 0.29) is 0 Å². The van der Waals surface area contributed by atoms with Gasteiger partial charge in [-0.2, -0.15) is 0 Å². The van der Waals surface area contributed by atoms with E-state index in [1.807, 2.05) is 12.1 Å². The van der Waals surface area contributed by atoms with Crippen molar-refractivity contribution in [2.24, 2.45) is 0 Å². The monoisotopic (exact) mass is 263 g/mol. The molecular weight excluding hydrogens is 234 g/mol. The zero-order chi connectivity index (χ0) is 13.9. The van der Waals surface area contributed by atoms with Gasteiger partial charge in [0.2, 0.25) is 0 Å². The van der Waals surface area contributed by atoms with E-state index >= 15 is 0 Å². The minimum Gasteiger partial charge on any atom is -0.508 e. The lowest BCUT2D eigenvalue weighted by atomic mass is 10.0. The van der Waals surface area contributed by atoms with Crippen LogP contribution in [-0.2, 0) is 0 Å². The topological polar surface area (TPSA) is 32.3 Å². The first-order valence-corrected chi connectivity index (χ1v) is 7.80. The molecule has 0 aliphatic carbocycles. The van der Waals surface area contributed by atoms with Crippen LogP contribution < -0.4 is 5.32 Å². The molecule has 1 aromatic rings. The lowest BCUT2D eigenvalue weighted by Crippen LogP contribution is -2.21. The molecule has 0 aliphatic heterocycles. The lowest BCUT2D eigenvalue weighted by Gasteiger charge is -2.17. The Hall–Kier alpha value is -1.02. The molecule has 0 saturated carbocycles. The number of benzene rings is 1. The van der Waals surface area contributed by atoms with E-state index in [4.69, 9.17) is 0 Å². The standard InChI is InChI=1S/C17H29NO/c1-3-5-6-7-8-9-14-18-17(4-2)15-10-12-16(19)13-11-15/h10-13,17-19H,3-9,14H2,1-2H3. The number of nitrogens with one attached hydrogen (secondary N) is 1. The summed E-state index contributed by atoms with van der Waals surface area (Å²) >= 11 is 0. The molecule has 2 heteroatoms. The second kappa shape index (κ2) is 9.85. The van der Waals surface area contributed by atoms with Crippen molar-refractivity contribution in [2.45, 2.75) is 64.8 Å². The molecule has 108 valence electrons. The summed E-state index contributed by atoms with van der Waals surface area (Å²) in [4.78, 5) is 0. The number of phenolic OH excluding ortho intramolecular Hbond substituents is 1. The maximum atomic E-state index is 9.31. The van der Waals surface area contributed by atoms with Crippen molar-refractivity contribution in [3.63, 3.8) is 0 Å². The fourth-order valence-electron chi connectivity index (χ4n) is 2.39. The molecule has 0 bridgehead atoms. The molecule has 0 saturated heterocycles. The van der Waals surface area contributed by atoms with Crippen molar-refractivity contribution < 1.29 is 5.11 Å². The first-order valence-electron chi connectivity index (χ1n) is 7.80. The predicted octanol–water partition coefficient (Wildman–Crippen LogP) is 4.79. The fraction of sp³-hybridized carbons (Fsp3) is 0.647. The van der Waals surface area contributed by atoms with E-state index in [9.17, 15) is 5.11 Å². The highest BCUT2D eigenvalue weighted by Crippen LogP contribution is 2.19. The molecule has 0 amide bonds. The van der Waals surface area contributed by atoms with Gasteiger partial charge in [-0.1, -0.05) is 58.1 Å². The minimum absolute atomic E-state index is 0.342. The van der Waals surface area contributed by atoms with Crippen LogP contribution >= 0.6 is 0 Å². The first kappa shape index (κ1) is 16.0. The Balaban J connectivity index is 2.20. The molecule has 1 rings (SSSR count). The van der Waals surface area contributed by atoms with Crippen molar-refractivity contribution in [2.75, 3.05) is 6.54 Å². The van der Waals surface area contributed by atoms with Crippen molar-refractivity contribution in [1.82, 2.24) is 5.32 Å². The van der Waals surface area contributed by atoms with Crippen LogP contribution in [0.5, 0.6) is 5.75 Å². The molecular formula is C17H29NO. The molecule has 2 N–H and O–H groups in total. The average Bonchev–Trinajstić information content (AvgIpc) is 2.43. The normalized spacial score (nSPS) is 12.5. The third-order valence-corrected chi connectivity index (χ3v) is 3.62. The van der Waals surface area contributed by atoms with Gasteiger partial charge in [-0.15, -0.1) is 0 Å². The number of phenols is 1. The third kappa shape index (κ3) is 6.63. The van der Waals surface area contributed by atoms with Crippen LogP contribution in [0.4, 0.5) is 0 Å². The fourth-order valence-corrected chi connectivity index (χ4v) is 2.39. The Labute approximate surface area is 118 Å². The van der Waals surface area contributed by atoms with Gasteiger partial charge < -0.3 is 10.4 Å². The van der Waals surface area contributed by atoms with Gasteiger partial charge in [0.25, 0.3) is 0 Å². The van der Waals surface area contributed by atoms with Crippen molar-refractivity contribution >= 4 is 0 Å². The minimum atomic E-state index is 0.342. The Kier molecular flexibility index (Phi) is 8.31. The molecule has 1 aromatic carbocycles. The zero-order valence-electron chi connectivity index (χ0n) is 12.5. The number of aromatic hydroxyl groups is 1. The highest BCUT2D eigenvalue weighted by molar-refractivity contribution is 5.27. The molecule has 0 spiro atoms. The summed E-state index contributed by atoms with van der Waals surface area (Å²) in [6.45, 7) is 5.54. The van der Waals surface area contributed by atoms with E-state index in [2.05, 4.69) is 19.2 Å². The number of rotatable bonds is 10. The van der Waals surface area contributed by atoms with Crippen LogP contribution in [0.15, 0.2) is 24.3 Å². The van der Waals surface area contributed by atoms with Crippen LogP contribution in [0.1, 0.15) is 70.4 Å². The molecule has 19 heavy (non-hydrogen) atoms. The largest absolute Gasteiger partial charge is 0.508 e. The quantitative estimate of drug-likeness (QED) is 0.595. The SMILES string of the molecule is CCCCCCCCNC(CC)c1ccc(O)cc1. The Morgan fingerprint density at radius 2 is 1.58 bits per heavy atom. The predicted molar refractivity (Wildman–Crippen MR) is 82.5 cm³/mol. The van der Waals surface area contributed by atoms with Crippen molar-refractivity contribution in [3.05, 3.63) is 29.8 Å². The van der Waals surface area contributed by atoms with Crippen LogP contribution in [0, 0.1) is 0 Å². The summed E-state index contributed by atoms with van der Waals surface area (Å²) in [5.41, 5.74) is 1.27. The van der Waals surface area contributed by atoms with Crippen LogP contribution in [0.3, 0.4) is 0 Å². The number of unbranched alkanes of at least 4 members (excludes halogenated alkanes) is 5. The van der Waals surface area contributed by atoms with Gasteiger partial charge in [0.1, 0.15) is 5.75 Å². The van der Waals surface area contributed by atoms with E-state index in [1.54, 1.807) is 12.1 Å². The molecule has 1 unspecified atom stereocenters. The van der Waals surface area contributed by atoms with Gasteiger partial charge in [-0.05, 0) is 37.1 Å². The zero-order valence-corrected chi connectivity index (χ0v) is 12.5. The molecule has 1 atom stereocenters. The maximum Gasteiger partial charge on any atom is 0.115 e. The van der Waals surface area contributed by atoms with Crippen LogP contribution in [-0.4, -0.2) is 11.7 Å². The smallest absolute Gasteiger partial charge is 0.115 e. The van der Waals surface area contributed by atoms with Crippen LogP contribution in [0.2, 0.25) is 0 Å². The Bertz CT molecular complexity index is 321. The number of hydrogen-bond donors (Lipinski definition) is 2. The lowest BCUT2D eigenvalue weighted by molar-refractivity contribution is 0.471. The first-order chi connectivity index (χ1) is 9.27. The van der Waals surface area contributed by atoms with Gasteiger partial charge in [-0.25, -0.2) is 0 Å². The van der Waals surface area contributed by atoms with Crippen molar-refractivity contribution in [1.29, 1.82) is 0 Å². The molecule has 0 aliphatic rings. The summed E-state index contributed by atoms with van der Waals surface area (Å²) in [7, 11) is 0. The summed E-state index contributed by atoms with van der Waals surface area (Å²) < 4.78 is 0. The van der Waals surface area contributed by atoms with E-state index in [1.165, 1.54) is 44.1 Å². The highest BCUT2D eigenvalue weighted by Gasteiger charge is 2.07.